The fraction of sp³-hybridized carbons (Fsp3) is 0.364. The first-order chi connectivity index (χ1) is 13.9. The van der Waals surface area contributed by atoms with Crippen LogP contribution < -0.4 is 24.8 Å². The Balaban J connectivity index is 1.91. The van der Waals surface area contributed by atoms with Crippen LogP contribution in [0.1, 0.15) is 38.1 Å². The minimum atomic E-state index is -0.371. The topological polar surface area (TPSA) is 85.9 Å². The Morgan fingerprint density at radius 2 is 1.59 bits per heavy atom. The Bertz CT molecular complexity index is 818. The van der Waals surface area contributed by atoms with Gasteiger partial charge in [0.2, 0.25) is 5.91 Å². The second kappa shape index (κ2) is 10.9. The quantitative estimate of drug-likeness (QED) is 0.636. The maximum Gasteiger partial charge on any atom is 0.251 e. The summed E-state index contributed by atoms with van der Waals surface area (Å²) in [4.78, 5) is 24.5. The lowest BCUT2D eigenvalue weighted by molar-refractivity contribution is -0.115. The smallest absolute Gasteiger partial charge is 0.251 e. The summed E-state index contributed by atoms with van der Waals surface area (Å²) >= 11 is 0. The van der Waals surface area contributed by atoms with E-state index in [1.54, 1.807) is 42.5 Å². The fourth-order valence-electron chi connectivity index (χ4n) is 2.55. The lowest BCUT2D eigenvalue weighted by Gasteiger charge is -2.13. The van der Waals surface area contributed by atoms with Crippen LogP contribution in [-0.2, 0) is 4.79 Å². The molecule has 7 heteroatoms. The number of hydrogen-bond donors (Lipinski definition) is 2. The van der Waals surface area contributed by atoms with Crippen LogP contribution in [-0.4, -0.2) is 37.7 Å². The van der Waals surface area contributed by atoms with E-state index >= 15 is 0 Å². The van der Waals surface area contributed by atoms with Crippen LogP contribution in [0.15, 0.2) is 42.5 Å². The highest BCUT2D eigenvalue weighted by Gasteiger charge is 2.13. The van der Waals surface area contributed by atoms with Gasteiger partial charge in [-0.05, 0) is 70.2 Å². The first-order valence-corrected chi connectivity index (χ1v) is 9.67. The summed E-state index contributed by atoms with van der Waals surface area (Å²) in [6.07, 6.45) is 0.0801. The van der Waals surface area contributed by atoms with Gasteiger partial charge >= 0.3 is 0 Å². The second-order valence-electron chi connectivity index (χ2n) is 6.45. The average molecular weight is 400 g/mol. The van der Waals surface area contributed by atoms with Gasteiger partial charge in [-0.2, -0.15) is 0 Å². The van der Waals surface area contributed by atoms with E-state index in [4.69, 9.17) is 14.2 Å². The number of hydrogen-bond acceptors (Lipinski definition) is 5. The zero-order valence-electron chi connectivity index (χ0n) is 17.3. The molecular weight excluding hydrogens is 372 g/mol. The van der Waals surface area contributed by atoms with Crippen molar-refractivity contribution in [1.82, 2.24) is 5.32 Å². The van der Waals surface area contributed by atoms with Crippen molar-refractivity contribution >= 4 is 17.5 Å². The first kappa shape index (κ1) is 22.1. The summed E-state index contributed by atoms with van der Waals surface area (Å²) in [5.41, 5.74) is 1.01. The minimum absolute atomic E-state index is 0.0801. The van der Waals surface area contributed by atoms with Gasteiger partial charge in [0, 0.05) is 11.3 Å². The number of rotatable bonds is 10. The van der Waals surface area contributed by atoms with Crippen molar-refractivity contribution in [1.29, 1.82) is 0 Å². The molecule has 0 spiro atoms. The number of carbonyl (C=O) groups excluding carboxylic acids is 2. The fourth-order valence-corrected chi connectivity index (χ4v) is 2.55. The Labute approximate surface area is 171 Å². The number of ether oxygens (including phenoxy) is 3. The predicted molar refractivity (Wildman–Crippen MR) is 112 cm³/mol. The zero-order valence-corrected chi connectivity index (χ0v) is 17.3. The molecule has 0 radical (unpaired) electrons. The lowest BCUT2D eigenvalue weighted by Crippen LogP contribution is -2.32. The standard InChI is InChI=1S/C22H28N2O5/c1-5-27-19-12-7-16(13-20(19)28-6-2)22(26)23-14-21(25)24-17-8-10-18(11-9-17)29-15(3)4/h7-13,15H,5-6,14H2,1-4H3,(H,23,26)(H,24,25). The van der Waals surface area contributed by atoms with Crippen LogP contribution in [0.5, 0.6) is 17.2 Å². The van der Waals surface area contributed by atoms with Crippen LogP contribution in [0.2, 0.25) is 0 Å². The highest BCUT2D eigenvalue weighted by molar-refractivity contribution is 5.99. The molecule has 2 aromatic carbocycles. The molecule has 0 aliphatic heterocycles. The summed E-state index contributed by atoms with van der Waals surface area (Å²) in [6, 6.07) is 12.0. The number of nitrogens with one attached hydrogen (secondary N) is 2. The molecule has 0 aliphatic rings. The normalized spacial score (nSPS) is 10.4. The minimum Gasteiger partial charge on any atom is -0.491 e. The van der Waals surface area contributed by atoms with E-state index < -0.39 is 0 Å². The SMILES string of the molecule is CCOc1ccc(C(=O)NCC(=O)Nc2ccc(OC(C)C)cc2)cc1OCC. The van der Waals surface area contributed by atoms with Crippen molar-refractivity contribution in [2.75, 3.05) is 25.1 Å². The van der Waals surface area contributed by atoms with E-state index in [0.29, 0.717) is 36.0 Å². The largest absolute Gasteiger partial charge is 0.491 e. The summed E-state index contributed by atoms with van der Waals surface area (Å²) in [6.45, 7) is 8.42. The van der Waals surface area contributed by atoms with Crippen molar-refractivity contribution < 1.29 is 23.8 Å². The lowest BCUT2D eigenvalue weighted by atomic mass is 10.2. The van der Waals surface area contributed by atoms with Crippen molar-refractivity contribution in [2.45, 2.75) is 33.8 Å². The molecule has 0 saturated heterocycles. The number of amides is 2. The van der Waals surface area contributed by atoms with Gasteiger partial charge in [0.1, 0.15) is 5.75 Å². The van der Waals surface area contributed by atoms with Gasteiger partial charge in [0.05, 0.1) is 25.9 Å². The van der Waals surface area contributed by atoms with Gasteiger partial charge in [-0.3, -0.25) is 9.59 Å². The molecule has 0 bridgehead atoms. The number of benzene rings is 2. The van der Waals surface area contributed by atoms with Crippen LogP contribution >= 0.6 is 0 Å². The molecule has 7 nitrogen and oxygen atoms in total. The summed E-state index contributed by atoms with van der Waals surface area (Å²) in [5.74, 6) is 1.10. The van der Waals surface area contributed by atoms with Crippen LogP contribution in [0.4, 0.5) is 5.69 Å². The van der Waals surface area contributed by atoms with E-state index in [1.807, 2.05) is 27.7 Å². The zero-order chi connectivity index (χ0) is 21.2. The molecule has 2 aromatic rings. The Kier molecular flexibility index (Phi) is 8.33. The summed E-state index contributed by atoms with van der Waals surface area (Å²) < 4.78 is 16.6. The molecule has 29 heavy (non-hydrogen) atoms. The van der Waals surface area contributed by atoms with Crippen LogP contribution in [0.25, 0.3) is 0 Å². The van der Waals surface area contributed by atoms with Gasteiger partial charge in [-0.1, -0.05) is 0 Å². The third kappa shape index (κ3) is 7.03. The Morgan fingerprint density at radius 3 is 2.21 bits per heavy atom. The second-order valence-corrected chi connectivity index (χ2v) is 6.45. The maximum absolute atomic E-state index is 12.4. The first-order valence-electron chi connectivity index (χ1n) is 9.67. The molecule has 0 atom stereocenters. The molecule has 2 rings (SSSR count). The molecule has 2 amide bonds. The third-order valence-corrected chi connectivity index (χ3v) is 3.72. The molecule has 0 unspecified atom stereocenters. The van der Waals surface area contributed by atoms with Gasteiger partial charge in [-0.15, -0.1) is 0 Å². The molecule has 0 aromatic heterocycles. The van der Waals surface area contributed by atoms with E-state index in [2.05, 4.69) is 10.6 Å². The van der Waals surface area contributed by atoms with Crippen LogP contribution in [0, 0.1) is 0 Å². The molecule has 156 valence electrons. The molecule has 0 heterocycles. The molecule has 0 fully saturated rings. The highest BCUT2D eigenvalue weighted by Crippen LogP contribution is 2.28. The molecule has 0 aliphatic carbocycles. The molecule has 2 N–H and O–H groups in total. The van der Waals surface area contributed by atoms with Crippen molar-refractivity contribution in [3.05, 3.63) is 48.0 Å². The molecule has 0 saturated carbocycles. The monoisotopic (exact) mass is 400 g/mol. The van der Waals surface area contributed by atoms with E-state index in [0.717, 1.165) is 5.75 Å². The maximum atomic E-state index is 12.4. The number of anilines is 1. The average Bonchev–Trinajstić information content (AvgIpc) is 2.69. The number of carbonyl (C=O) groups is 2. The van der Waals surface area contributed by atoms with E-state index in [1.165, 1.54) is 0 Å². The highest BCUT2D eigenvalue weighted by atomic mass is 16.5. The van der Waals surface area contributed by atoms with Crippen LogP contribution in [0.3, 0.4) is 0 Å². The predicted octanol–water partition coefficient (Wildman–Crippen LogP) is 3.64. The Hall–Kier alpha value is -3.22. The van der Waals surface area contributed by atoms with Crippen molar-refractivity contribution in [3.63, 3.8) is 0 Å². The summed E-state index contributed by atoms with van der Waals surface area (Å²) in [5, 5.41) is 5.34. The van der Waals surface area contributed by atoms with E-state index in [9.17, 15) is 9.59 Å². The Morgan fingerprint density at radius 1 is 0.931 bits per heavy atom. The van der Waals surface area contributed by atoms with Gasteiger partial charge < -0.3 is 24.8 Å². The van der Waals surface area contributed by atoms with Crippen molar-refractivity contribution in [3.8, 4) is 17.2 Å². The van der Waals surface area contributed by atoms with Gasteiger partial charge in [-0.25, -0.2) is 0 Å². The van der Waals surface area contributed by atoms with Gasteiger partial charge in [0.25, 0.3) is 5.91 Å². The summed E-state index contributed by atoms with van der Waals surface area (Å²) in [7, 11) is 0. The van der Waals surface area contributed by atoms with Gasteiger partial charge in [0.15, 0.2) is 11.5 Å². The molecular formula is C22H28N2O5. The van der Waals surface area contributed by atoms with E-state index in [-0.39, 0.29) is 24.5 Å². The third-order valence-electron chi connectivity index (χ3n) is 3.72. The van der Waals surface area contributed by atoms with Crippen molar-refractivity contribution in [2.24, 2.45) is 0 Å².